The lowest BCUT2D eigenvalue weighted by Gasteiger charge is -2.17. The third-order valence-corrected chi connectivity index (χ3v) is 4.38. The molecule has 6 nitrogen and oxygen atoms in total. The Bertz CT molecular complexity index is 1060. The molecule has 0 aliphatic heterocycles. The Morgan fingerprint density at radius 2 is 1.70 bits per heavy atom. The molecule has 0 N–H and O–H groups in total. The Hall–Kier alpha value is -3.54. The van der Waals surface area contributed by atoms with E-state index < -0.39 is 0 Å². The van der Waals surface area contributed by atoms with Crippen LogP contribution in [0.5, 0.6) is 0 Å². The largest absolute Gasteiger partial charge is 0.340 e. The zero-order chi connectivity index (χ0) is 18.6. The third-order valence-electron chi connectivity index (χ3n) is 4.38. The standard InChI is InChI=1S/C21H19N5O/c1-25(13-16-8-4-2-5-9-16)19(27)14-26-15-23-18-12-22-20(24-21(18)26)17-10-6-3-7-11-17/h2-12,15H,13-14H2,1H3. The Labute approximate surface area is 157 Å². The molecule has 4 rings (SSSR count). The van der Waals surface area contributed by atoms with Crippen molar-refractivity contribution in [2.24, 2.45) is 0 Å². The molecular formula is C21H19N5O. The maximum absolute atomic E-state index is 12.6. The van der Waals surface area contributed by atoms with Crippen molar-refractivity contribution in [3.63, 3.8) is 0 Å². The number of hydrogen-bond acceptors (Lipinski definition) is 4. The summed E-state index contributed by atoms with van der Waals surface area (Å²) in [5.74, 6) is 0.618. The van der Waals surface area contributed by atoms with E-state index in [1.807, 2.05) is 60.7 Å². The van der Waals surface area contributed by atoms with Gasteiger partial charge in [0.2, 0.25) is 5.91 Å². The quantitative estimate of drug-likeness (QED) is 0.550. The molecule has 27 heavy (non-hydrogen) atoms. The van der Waals surface area contributed by atoms with Crippen LogP contribution in [0.25, 0.3) is 22.6 Å². The van der Waals surface area contributed by atoms with Crippen LogP contribution in [0.2, 0.25) is 0 Å². The zero-order valence-electron chi connectivity index (χ0n) is 15.0. The smallest absolute Gasteiger partial charge is 0.242 e. The molecule has 0 unspecified atom stereocenters. The van der Waals surface area contributed by atoms with Gasteiger partial charge < -0.3 is 9.47 Å². The van der Waals surface area contributed by atoms with Crippen LogP contribution in [0.4, 0.5) is 0 Å². The molecule has 0 saturated heterocycles. The Morgan fingerprint density at radius 1 is 1.00 bits per heavy atom. The molecule has 0 atom stereocenters. The van der Waals surface area contributed by atoms with E-state index in [9.17, 15) is 4.79 Å². The number of imidazole rings is 1. The second-order valence-corrected chi connectivity index (χ2v) is 6.38. The molecule has 4 aromatic rings. The molecular weight excluding hydrogens is 338 g/mol. The van der Waals surface area contributed by atoms with Crippen LogP contribution in [0.3, 0.4) is 0 Å². The summed E-state index contributed by atoms with van der Waals surface area (Å²) in [6, 6.07) is 19.7. The number of fused-ring (bicyclic) bond motifs is 1. The normalized spacial score (nSPS) is 10.9. The summed E-state index contributed by atoms with van der Waals surface area (Å²) in [6.45, 7) is 0.752. The van der Waals surface area contributed by atoms with E-state index in [0.29, 0.717) is 23.5 Å². The molecule has 0 fully saturated rings. The van der Waals surface area contributed by atoms with Gasteiger partial charge in [0.25, 0.3) is 0 Å². The van der Waals surface area contributed by atoms with Crippen molar-refractivity contribution in [2.45, 2.75) is 13.1 Å². The summed E-state index contributed by atoms with van der Waals surface area (Å²) in [4.78, 5) is 27.7. The van der Waals surface area contributed by atoms with Gasteiger partial charge >= 0.3 is 0 Å². The van der Waals surface area contributed by atoms with E-state index in [4.69, 9.17) is 0 Å². The molecule has 2 aromatic heterocycles. The summed E-state index contributed by atoms with van der Waals surface area (Å²) in [5.41, 5.74) is 3.36. The van der Waals surface area contributed by atoms with Crippen LogP contribution in [0.1, 0.15) is 5.56 Å². The number of hydrogen-bond donors (Lipinski definition) is 0. The van der Waals surface area contributed by atoms with Gasteiger partial charge in [-0.15, -0.1) is 0 Å². The number of benzene rings is 2. The van der Waals surface area contributed by atoms with Gasteiger partial charge in [-0.1, -0.05) is 60.7 Å². The first kappa shape index (κ1) is 16.9. The number of amides is 1. The second-order valence-electron chi connectivity index (χ2n) is 6.38. The molecule has 0 aliphatic rings. The van der Waals surface area contributed by atoms with Gasteiger partial charge in [0.1, 0.15) is 12.1 Å². The lowest BCUT2D eigenvalue weighted by Crippen LogP contribution is -2.29. The van der Waals surface area contributed by atoms with Crippen LogP contribution in [-0.2, 0) is 17.9 Å². The molecule has 1 amide bonds. The minimum absolute atomic E-state index is 0.00183. The van der Waals surface area contributed by atoms with E-state index in [1.165, 1.54) is 0 Å². The first-order chi connectivity index (χ1) is 13.2. The van der Waals surface area contributed by atoms with E-state index in [-0.39, 0.29) is 12.5 Å². The van der Waals surface area contributed by atoms with Crippen LogP contribution in [0.15, 0.2) is 73.2 Å². The topological polar surface area (TPSA) is 63.9 Å². The predicted molar refractivity (Wildman–Crippen MR) is 104 cm³/mol. The Morgan fingerprint density at radius 3 is 2.44 bits per heavy atom. The van der Waals surface area contributed by atoms with Gasteiger partial charge in [-0.25, -0.2) is 15.0 Å². The number of nitrogens with zero attached hydrogens (tertiary/aromatic N) is 5. The fraction of sp³-hybridized carbons (Fsp3) is 0.143. The van der Waals surface area contributed by atoms with Crippen molar-refractivity contribution in [3.8, 4) is 11.4 Å². The van der Waals surface area contributed by atoms with Gasteiger partial charge in [-0.3, -0.25) is 4.79 Å². The van der Waals surface area contributed by atoms with Crippen LogP contribution in [-0.4, -0.2) is 37.4 Å². The summed E-state index contributed by atoms with van der Waals surface area (Å²) in [7, 11) is 1.80. The van der Waals surface area contributed by atoms with Gasteiger partial charge in [-0.05, 0) is 5.56 Å². The van der Waals surface area contributed by atoms with Crippen molar-refractivity contribution in [1.82, 2.24) is 24.4 Å². The number of rotatable bonds is 5. The van der Waals surface area contributed by atoms with Crippen molar-refractivity contribution < 1.29 is 4.79 Å². The van der Waals surface area contributed by atoms with Gasteiger partial charge in [0.15, 0.2) is 11.5 Å². The average Bonchev–Trinajstić information content (AvgIpc) is 3.11. The van der Waals surface area contributed by atoms with Crippen molar-refractivity contribution in [2.75, 3.05) is 7.05 Å². The number of carbonyl (C=O) groups is 1. The molecule has 0 bridgehead atoms. The molecule has 134 valence electrons. The van der Waals surface area contributed by atoms with E-state index >= 15 is 0 Å². The van der Waals surface area contributed by atoms with Crippen molar-refractivity contribution in [1.29, 1.82) is 0 Å². The van der Waals surface area contributed by atoms with Crippen LogP contribution < -0.4 is 0 Å². The predicted octanol–water partition coefficient (Wildman–Crippen LogP) is 3.15. The molecule has 0 spiro atoms. The maximum atomic E-state index is 12.6. The maximum Gasteiger partial charge on any atom is 0.242 e. The minimum atomic E-state index is -0.00183. The number of carbonyl (C=O) groups excluding carboxylic acids is 1. The number of likely N-dealkylation sites (N-methyl/N-ethyl adjacent to an activating group) is 1. The zero-order valence-corrected chi connectivity index (χ0v) is 15.0. The van der Waals surface area contributed by atoms with Gasteiger partial charge in [0, 0.05) is 19.2 Å². The van der Waals surface area contributed by atoms with Crippen molar-refractivity contribution >= 4 is 17.1 Å². The van der Waals surface area contributed by atoms with E-state index in [1.54, 1.807) is 29.0 Å². The van der Waals surface area contributed by atoms with E-state index in [2.05, 4.69) is 15.0 Å². The summed E-state index contributed by atoms with van der Waals surface area (Å²) in [5, 5.41) is 0. The fourth-order valence-electron chi connectivity index (χ4n) is 2.91. The monoisotopic (exact) mass is 357 g/mol. The lowest BCUT2D eigenvalue weighted by atomic mass is 10.2. The Kier molecular flexibility index (Phi) is 4.61. The van der Waals surface area contributed by atoms with Gasteiger partial charge in [-0.2, -0.15) is 0 Å². The average molecular weight is 357 g/mol. The lowest BCUT2D eigenvalue weighted by molar-refractivity contribution is -0.131. The van der Waals surface area contributed by atoms with Crippen molar-refractivity contribution in [3.05, 3.63) is 78.8 Å². The summed E-state index contributed by atoms with van der Waals surface area (Å²) < 4.78 is 1.77. The minimum Gasteiger partial charge on any atom is -0.340 e. The van der Waals surface area contributed by atoms with Crippen LogP contribution in [0, 0.1) is 0 Å². The highest BCUT2D eigenvalue weighted by molar-refractivity contribution is 5.79. The molecule has 0 saturated carbocycles. The summed E-state index contributed by atoms with van der Waals surface area (Å²) in [6.07, 6.45) is 3.34. The summed E-state index contributed by atoms with van der Waals surface area (Å²) >= 11 is 0. The Balaban J connectivity index is 1.55. The molecule has 2 heterocycles. The first-order valence-electron chi connectivity index (χ1n) is 8.72. The van der Waals surface area contributed by atoms with Crippen LogP contribution >= 0.6 is 0 Å². The highest BCUT2D eigenvalue weighted by Gasteiger charge is 2.14. The van der Waals surface area contributed by atoms with E-state index in [0.717, 1.165) is 11.1 Å². The second kappa shape index (κ2) is 7.37. The number of aromatic nitrogens is 4. The molecule has 6 heteroatoms. The highest BCUT2D eigenvalue weighted by atomic mass is 16.2. The fourth-order valence-corrected chi connectivity index (χ4v) is 2.91. The van der Waals surface area contributed by atoms with Gasteiger partial charge in [0.05, 0.1) is 12.5 Å². The first-order valence-corrected chi connectivity index (χ1v) is 8.72. The molecule has 0 radical (unpaired) electrons. The molecule has 0 aliphatic carbocycles. The SMILES string of the molecule is CN(Cc1ccccc1)C(=O)Cn1cnc2cnc(-c3ccccc3)nc21. The molecule has 2 aromatic carbocycles. The highest BCUT2D eigenvalue weighted by Crippen LogP contribution is 2.17. The third kappa shape index (κ3) is 3.69.